The number of hydrogen-bond acceptors (Lipinski definition) is 6. The first kappa shape index (κ1) is 41.8. The fourth-order valence-corrected chi connectivity index (χ4v) is 6.68. The normalized spacial score (nSPS) is 14.0. The number of hydrogen-bond donors (Lipinski definition) is 0. The molecule has 0 aromatic heterocycles. The molecular formula is C36H74O6. The van der Waals surface area contributed by atoms with Gasteiger partial charge in [-0.05, 0) is 25.7 Å². The van der Waals surface area contributed by atoms with Crippen LogP contribution >= 0.6 is 0 Å². The van der Waals surface area contributed by atoms with Gasteiger partial charge in [0.25, 0.3) is 11.9 Å². The molecule has 254 valence electrons. The third-order valence-corrected chi connectivity index (χ3v) is 9.37. The molecule has 0 aromatic rings. The maximum atomic E-state index is 5.78. The van der Waals surface area contributed by atoms with Crippen LogP contribution in [0.25, 0.3) is 0 Å². The van der Waals surface area contributed by atoms with E-state index in [1.807, 2.05) is 0 Å². The van der Waals surface area contributed by atoms with E-state index >= 15 is 0 Å². The molecule has 0 radical (unpaired) electrons. The lowest BCUT2D eigenvalue weighted by molar-refractivity contribution is -0.380. The Morgan fingerprint density at radius 1 is 0.310 bits per heavy atom. The molecule has 0 aliphatic rings. The van der Waals surface area contributed by atoms with E-state index in [-0.39, 0.29) is 11.8 Å². The Morgan fingerprint density at radius 3 is 0.690 bits per heavy atom. The van der Waals surface area contributed by atoms with Crippen LogP contribution in [0.15, 0.2) is 0 Å². The molecular weight excluding hydrogens is 528 g/mol. The number of methoxy groups -OCH3 is 6. The van der Waals surface area contributed by atoms with Gasteiger partial charge in [-0.25, -0.2) is 0 Å². The number of unbranched alkanes of at least 4 members (excludes halogenated alkanes) is 17. The van der Waals surface area contributed by atoms with Crippen LogP contribution in [-0.4, -0.2) is 54.6 Å². The van der Waals surface area contributed by atoms with Gasteiger partial charge in [0, 0.05) is 54.5 Å². The van der Waals surface area contributed by atoms with E-state index in [1.54, 1.807) is 42.7 Å². The average Bonchev–Trinajstić information content (AvgIpc) is 3.02. The van der Waals surface area contributed by atoms with Gasteiger partial charge in [-0.2, -0.15) is 0 Å². The quantitative estimate of drug-likeness (QED) is 0.0550. The van der Waals surface area contributed by atoms with Gasteiger partial charge in [0.2, 0.25) is 0 Å². The topological polar surface area (TPSA) is 55.4 Å². The van der Waals surface area contributed by atoms with Crippen LogP contribution in [0.4, 0.5) is 0 Å². The lowest BCUT2D eigenvalue weighted by Gasteiger charge is -2.36. The predicted molar refractivity (Wildman–Crippen MR) is 177 cm³/mol. The third kappa shape index (κ3) is 17.3. The molecule has 0 N–H and O–H groups in total. The third-order valence-electron chi connectivity index (χ3n) is 9.37. The van der Waals surface area contributed by atoms with Gasteiger partial charge in [0.15, 0.2) is 0 Å². The van der Waals surface area contributed by atoms with Crippen LogP contribution in [0.3, 0.4) is 0 Å². The highest BCUT2D eigenvalue weighted by atomic mass is 16.9. The fraction of sp³-hybridized carbons (Fsp3) is 1.00. The first-order valence-corrected chi connectivity index (χ1v) is 17.8. The summed E-state index contributed by atoms with van der Waals surface area (Å²) in [4.78, 5) is 0. The molecule has 0 rings (SSSR count). The summed E-state index contributed by atoms with van der Waals surface area (Å²) in [6, 6.07) is 0. The molecule has 42 heavy (non-hydrogen) atoms. The first-order valence-electron chi connectivity index (χ1n) is 17.8. The SMILES string of the molecule is CCCCCCCCCC(CCCCCCCCC(CCCCCCCCC)C(OC)(OC)OC)C(OC)(OC)OC. The Hall–Kier alpha value is -0.240. The molecule has 0 aromatic carbocycles. The zero-order valence-electron chi connectivity index (χ0n) is 29.6. The largest absolute Gasteiger partial charge is 0.331 e. The van der Waals surface area contributed by atoms with E-state index in [0.717, 1.165) is 25.7 Å². The Balaban J connectivity index is 4.53. The molecule has 2 unspecified atom stereocenters. The fourth-order valence-electron chi connectivity index (χ4n) is 6.68. The van der Waals surface area contributed by atoms with Gasteiger partial charge in [0.1, 0.15) is 0 Å². The van der Waals surface area contributed by atoms with Crippen molar-refractivity contribution in [2.45, 2.75) is 180 Å². The summed E-state index contributed by atoms with van der Waals surface area (Å²) in [5, 5.41) is 0. The molecule has 0 spiro atoms. The van der Waals surface area contributed by atoms with Crippen molar-refractivity contribution in [3.05, 3.63) is 0 Å². The molecule has 2 atom stereocenters. The van der Waals surface area contributed by atoms with Crippen molar-refractivity contribution < 1.29 is 28.4 Å². The average molecular weight is 603 g/mol. The second-order valence-electron chi connectivity index (χ2n) is 12.3. The Bertz CT molecular complexity index is 484. The van der Waals surface area contributed by atoms with Crippen LogP contribution in [0.1, 0.15) is 168 Å². The molecule has 0 aliphatic carbocycles. The molecule has 0 bridgehead atoms. The van der Waals surface area contributed by atoms with Gasteiger partial charge in [0.05, 0.1) is 0 Å². The summed E-state index contributed by atoms with van der Waals surface area (Å²) in [6.45, 7) is 4.55. The van der Waals surface area contributed by atoms with Gasteiger partial charge in [-0.3, -0.25) is 0 Å². The summed E-state index contributed by atoms with van der Waals surface area (Å²) in [6.07, 6.45) is 30.1. The summed E-state index contributed by atoms with van der Waals surface area (Å²) in [7, 11) is 10.2. The van der Waals surface area contributed by atoms with Crippen molar-refractivity contribution in [2.75, 3.05) is 42.7 Å². The van der Waals surface area contributed by atoms with Crippen LogP contribution in [0.2, 0.25) is 0 Å². The van der Waals surface area contributed by atoms with Gasteiger partial charge in [-0.15, -0.1) is 0 Å². The van der Waals surface area contributed by atoms with Gasteiger partial charge < -0.3 is 28.4 Å². The van der Waals surface area contributed by atoms with Crippen LogP contribution in [0, 0.1) is 11.8 Å². The highest BCUT2D eigenvalue weighted by Gasteiger charge is 2.40. The predicted octanol–water partition coefficient (Wildman–Crippen LogP) is 10.8. The van der Waals surface area contributed by atoms with Crippen molar-refractivity contribution >= 4 is 0 Å². The molecule has 0 amide bonds. The Morgan fingerprint density at radius 2 is 0.500 bits per heavy atom. The van der Waals surface area contributed by atoms with E-state index in [0.29, 0.717) is 0 Å². The first-order chi connectivity index (χ1) is 20.5. The van der Waals surface area contributed by atoms with E-state index in [4.69, 9.17) is 28.4 Å². The van der Waals surface area contributed by atoms with Crippen molar-refractivity contribution in [1.82, 2.24) is 0 Å². The second-order valence-corrected chi connectivity index (χ2v) is 12.3. The van der Waals surface area contributed by atoms with E-state index in [2.05, 4.69) is 13.8 Å². The molecule has 6 heteroatoms. The van der Waals surface area contributed by atoms with Crippen molar-refractivity contribution in [2.24, 2.45) is 11.8 Å². The molecule has 6 nitrogen and oxygen atoms in total. The molecule has 0 aliphatic heterocycles. The van der Waals surface area contributed by atoms with Crippen LogP contribution in [0.5, 0.6) is 0 Å². The van der Waals surface area contributed by atoms with Crippen LogP contribution in [-0.2, 0) is 28.4 Å². The van der Waals surface area contributed by atoms with E-state index < -0.39 is 11.9 Å². The second kappa shape index (κ2) is 28.2. The van der Waals surface area contributed by atoms with E-state index in [1.165, 1.54) is 128 Å². The van der Waals surface area contributed by atoms with Crippen molar-refractivity contribution in [3.63, 3.8) is 0 Å². The summed E-state index contributed by atoms with van der Waals surface area (Å²) in [5.41, 5.74) is 0. The zero-order chi connectivity index (χ0) is 31.4. The minimum Gasteiger partial charge on any atom is -0.331 e. The smallest absolute Gasteiger partial charge is 0.285 e. The highest BCUT2D eigenvalue weighted by Crippen LogP contribution is 2.34. The Labute approximate surface area is 262 Å². The monoisotopic (exact) mass is 603 g/mol. The van der Waals surface area contributed by atoms with E-state index in [9.17, 15) is 0 Å². The minimum absolute atomic E-state index is 0.255. The maximum absolute atomic E-state index is 5.78. The summed E-state index contributed by atoms with van der Waals surface area (Å²) < 4.78 is 34.7. The highest BCUT2D eigenvalue weighted by molar-refractivity contribution is 4.73. The summed E-state index contributed by atoms with van der Waals surface area (Å²) in [5.74, 6) is -1.34. The zero-order valence-corrected chi connectivity index (χ0v) is 29.6. The van der Waals surface area contributed by atoms with Crippen molar-refractivity contribution in [3.8, 4) is 0 Å². The molecule has 0 heterocycles. The lowest BCUT2D eigenvalue weighted by Crippen LogP contribution is -2.44. The minimum atomic E-state index is -0.927. The van der Waals surface area contributed by atoms with Crippen LogP contribution < -0.4 is 0 Å². The lowest BCUT2D eigenvalue weighted by atomic mass is 9.90. The molecule has 0 saturated carbocycles. The van der Waals surface area contributed by atoms with Gasteiger partial charge >= 0.3 is 0 Å². The number of rotatable bonds is 33. The Kier molecular flexibility index (Phi) is 28.1. The maximum Gasteiger partial charge on any atom is 0.285 e. The summed E-state index contributed by atoms with van der Waals surface area (Å²) >= 11 is 0. The molecule has 0 fully saturated rings. The molecule has 0 saturated heterocycles. The van der Waals surface area contributed by atoms with Gasteiger partial charge in [-0.1, -0.05) is 142 Å². The van der Waals surface area contributed by atoms with Crippen molar-refractivity contribution in [1.29, 1.82) is 0 Å². The standard InChI is InChI=1S/C36H74O6/c1-9-11-13-15-17-21-25-29-33(35(37-3,38-4)39-5)31-27-23-19-20-24-28-32-34(36(40-6,41-7)42-8)30-26-22-18-16-14-12-10-2/h33-34H,9-32H2,1-8H3. The number of ether oxygens (including phenoxy) is 6.